The standard InChI is InChI=1S/C7H15N5O2S/c1-12-7(9-6-10-12)11-15(13,14)5-3-2-4-8/h6H,2-5,8H2,1H3,(H,9,10,11). The first kappa shape index (κ1) is 11.9. The van der Waals surface area contributed by atoms with Crippen molar-refractivity contribution in [3.8, 4) is 0 Å². The molecule has 1 heterocycles. The molecule has 15 heavy (non-hydrogen) atoms. The van der Waals surface area contributed by atoms with Crippen LogP contribution in [0.3, 0.4) is 0 Å². The molecule has 86 valence electrons. The first-order valence-corrected chi connectivity index (χ1v) is 6.25. The van der Waals surface area contributed by atoms with Gasteiger partial charge in [0.05, 0.1) is 5.75 Å². The molecule has 0 spiro atoms. The van der Waals surface area contributed by atoms with E-state index in [4.69, 9.17) is 5.73 Å². The number of nitrogens with one attached hydrogen (secondary N) is 1. The zero-order valence-electron chi connectivity index (χ0n) is 8.55. The highest BCUT2D eigenvalue weighted by molar-refractivity contribution is 7.92. The summed E-state index contributed by atoms with van der Waals surface area (Å²) < 4.78 is 26.7. The summed E-state index contributed by atoms with van der Waals surface area (Å²) in [6, 6.07) is 0. The van der Waals surface area contributed by atoms with Crippen LogP contribution in [0.5, 0.6) is 0 Å². The van der Waals surface area contributed by atoms with E-state index in [1.54, 1.807) is 7.05 Å². The molecule has 0 atom stereocenters. The number of hydrogen-bond donors (Lipinski definition) is 2. The minimum Gasteiger partial charge on any atom is -0.330 e. The molecule has 1 rings (SSSR count). The molecule has 0 amide bonds. The van der Waals surface area contributed by atoms with Crippen LogP contribution in [0.15, 0.2) is 6.33 Å². The minimum absolute atomic E-state index is 0.0526. The number of nitrogens with zero attached hydrogens (tertiary/aromatic N) is 3. The van der Waals surface area contributed by atoms with Gasteiger partial charge in [-0.1, -0.05) is 0 Å². The molecule has 0 saturated carbocycles. The number of hydrogen-bond acceptors (Lipinski definition) is 5. The van der Waals surface area contributed by atoms with Crippen molar-refractivity contribution in [3.05, 3.63) is 6.33 Å². The SMILES string of the molecule is Cn1ncnc1NS(=O)(=O)CCCCN. The summed E-state index contributed by atoms with van der Waals surface area (Å²) >= 11 is 0. The largest absolute Gasteiger partial charge is 0.330 e. The highest BCUT2D eigenvalue weighted by Crippen LogP contribution is 2.03. The summed E-state index contributed by atoms with van der Waals surface area (Å²) in [6.07, 6.45) is 2.53. The maximum Gasteiger partial charge on any atom is 0.235 e. The molecular formula is C7H15N5O2S. The van der Waals surface area contributed by atoms with E-state index in [0.717, 1.165) is 0 Å². The summed E-state index contributed by atoms with van der Waals surface area (Å²) in [4.78, 5) is 3.77. The van der Waals surface area contributed by atoms with Crippen molar-refractivity contribution in [2.45, 2.75) is 12.8 Å². The van der Waals surface area contributed by atoms with Gasteiger partial charge >= 0.3 is 0 Å². The average molecular weight is 233 g/mol. The predicted molar refractivity (Wildman–Crippen MR) is 56.7 cm³/mol. The first-order chi connectivity index (χ1) is 7.05. The first-order valence-electron chi connectivity index (χ1n) is 4.60. The van der Waals surface area contributed by atoms with Gasteiger partial charge in [-0.05, 0) is 19.4 Å². The van der Waals surface area contributed by atoms with E-state index in [-0.39, 0.29) is 11.7 Å². The Labute approximate surface area is 88.7 Å². The molecule has 0 radical (unpaired) electrons. The van der Waals surface area contributed by atoms with Gasteiger partial charge in [-0.25, -0.2) is 13.1 Å². The van der Waals surface area contributed by atoms with Crippen molar-refractivity contribution in [1.29, 1.82) is 0 Å². The minimum atomic E-state index is -3.33. The zero-order chi connectivity index (χ0) is 11.3. The van der Waals surface area contributed by atoms with Crippen molar-refractivity contribution in [1.82, 2.24) is 14.8 Å². The Morgan fingerprint density at radius 3 is 2.80 bits per heavy atom. The number of sulfonamides is 1. The second-order valence-electron chi connectivity index (χ2n) is 3.12. The number of unbranched alkanes of at least 4 members (excludes halogenated alkanes) is 1. The van der Waals surface area contributed by atoms with Crippen LogP contribution >= 0.6 is 0 Å². The van der Waals surface area contributed by atoms with Crippen molar-refractivity contribution in [2.24, 2.45) is 12.8 Å². The lowest BCUT2D eigenvalue weighted by atomic mass is 10.3. The Balaban J connectivity index is 2.53. The van der Waals surface area contributed by atoms with Crippen LogP contribution in [0.1, 0.15) is 12.8 Å². The summed E-state index contributed by atoms with van der Waals surface area (Å²) in [6.45, 7) is 0.499. The van der Waals surface area contributed by atoms with Gasteiger partial charge in [-0.2, -0.15) is 10.1 Å². The summed E-state index contributed by atoms with van der Waals surface area (Å²) in [5, 5.41) is 3.76. The van der Waals surface area contributed by atoms with Crippen LogP contribution in [0.4, 0.5) is 5.95 Å². The topological polar surface area (TPSA) is 103 Å². The number of aryl methyl sites for hydroxylation is 1. The Kier molecular flexibility index (Phi) is 4.04. The van der Waals surface area contributed by atoms with E-state index in [2.05, 4.69) is 14.8 Å². The molecule has 8 heteroatoms. The molecule has 0 aromatic carbocycles. The fraction of sp³-hybridized carbons (Fsp3) is 0.714. The Morgan fingerprint density at radius 1 is 1.53 bits per heavy atom. The molecule has 0 fully saturated rings. The molecule has 1 aromatic rings. The lowest BCUT2D eigenvalue weighted by Crippen LogP contribution is -2.19. The van der Waals surface area contributed by atoms with Gasteiger partial charge in [0.25, 0.3) is 0 Å². The van der Waals surface area contributed by atoms with Crippen molar-refractivity contribution < 1.29 is 8.42 Å². The predicted octanol–water partition coefficient (Wildman–Crippen LogP) is -0.704. The third-order valence-electron chi connectivity index (χ3n) is 1.83. The smallest absolute Gasteiger partial charge is 0.235 e. The fourth-order valence-electron chi connectivity index (χ4n) is 1.02. The van der Waals surface area contributed by atoms with E-state index >= 15 is 0 Å². The molecule has 0 aliphatic carbocycles. The van der Waals surface area contributed by atoms with Gasteiger partial charge in [-0.3, -0.25) is 4.72 Å². The van der Waals surface area contributed by atoms with Crippen molar-refractivity contribution in [2.75, 3.05) is 17.0 Å². The second kappa shape index (κ2) is 5.08. The Bertz CT molecular complexity index is 399. The lowest BCUT2D eigenvalue weighted by molar-refractivity contribution is 0.596. The summed E-state index contributed by atoms with van der Waals surface area (Å²) in [5.74, 6) is 0.277. The summed E-state index contributed by atoms with van der Waals surface area (Å²) in [7, 11) is -1.71. The van der Waals surface area contributed by atoms with E-state index in [9.17, 15) is 8.42 Å². The lowest BCUT2D eigenvalue weighted by Gasteiger charge is -2.05. The third kappa shape index (κ3) is 3.84. The molecule has 0 aliphatic heterocycles. The Hall–Kier alpha value is -1.15. The van der Waals surface area contributed by atoms with Gasteiger partial charge in [0, 0.05) is 7.05 Å². The van der Waals surface area contributed by atoms with Gasteiger partial charge in [0.2, 0.25) is 16.0 Å². The van der Waals surface area contributed by atoms with Gasteiger partial charge in [-0.15, -0.1) is 0 Å². The van der Waals surface area contributed by atoms with Gasteiger partial charge in [0.15, 0.2) is 0 Å². The second-order valence-corrected chi connectivity index (χ2v) is 4.97. The Morgan fingerprint density at radius 2 is 2.27 bits per heavy atom. The van der Waals surface area contributed by atoms with E-state index in [0.29, 0.717) is 19.4 Å². The number of anilines is 1. The maximum atomic E-state index is 11.5. The molecule has 0 bridgehead atoms. The van der Waals surface area contributed by atoms with Gasteiger partial charge in [0.1, 0.15) is 6.33 Å². The van der Waals surface area contributed by atoms with E-state index < -0.39 is 10.0 Å². The molecular weight excluding hydrogens is 218 g/mol. The van der Waals surface area contributed by atoms with Gasteiger partial charge < -0.3 is 5.73 Å². The number of nitrogens with two attached hydrogens (primary N) is 1. The highest BCUT2D eigenvalue weighted by atomic mass is 32.2. The zero-order valence-corrected chi connectivity index (χ0v) is 9.37. The van der Waals surface area contributed by atoms with Crippen LogP contribution < -0.4 is 10.5 Å². The van der Waals surface area contributed by atoms with Crippen LogP contribution in [0.25, 0.3) is 0 Å². The van der Waals surface area contributed by atoms with E-state index in [1.807, 2.05) is 0 Å². The van der Waals surface area contributed by atoms with Crippen LogP contribution in [0, 0.1) is 0 Å². The van der Waals surface area contributed by atoms with E-state index in [1.165, 1.54) is 11.0 Å². The average Bonchev–Trinajstić information content (AvgIpc) is 2.51. The molecule has 0 saturated heterocycles. The molecule has 7 nitrogen and oxygen atoms in total. The highest BCUT2D eigenvalue weighted by Gasteiger charge is 2.12. The molecule has 0 aliphatic rings. The molecule has 3 N–H and O–H groups in total. The third-order valence-corrected chi connectivity index (χ3v) is 3.15. The van der Waals surface area contributed by atoms with Crippen molar-refractivity contribution in [3.63, 3.8) is 0 Å². The molecule has 1 aromatic heterocycles. The van der Waals surface area contributed by atoms with Crippen LogP contribution in [0.2, 0.25) is 0 Å². The quantitative estimate of drug-likeness (QED) is 0.632. The number of rotatable bonds is 6. The van der Waals surface area contributed by atoms with Crippen LogP contribution in [-0.4, -0.2) is 35.5 Å². The summed E-state index contributed by atoms with van der Waals surface area (Å²) in [5.41, 5.74) is 5.28. The number of aromatic nitrogens is 3. The normalized spacial score (nSPS) is 11.6. The van der Waals surface area contributed by atoms with Crippen molar-refractivity contribution >= 4 is 16.0 Å². The fourth-order valence-corrected chi connectivity index (χ4v) is 2.16. The monoisotopic (exact) mass is 233 g/mol. The molecule has 0 unspecified atom stereocenters. The van der Waals surface area contributed by atoms with Crippen LogP contribution in [-0.2, 0) is 17.1 Å². The maximum absolute atomic E-state index is 11.5.